The Morgan fingerprint density at radius 2 is 2.19 bits per heavy atom. The van der Waals surface area contributed by atoms with Gasteiger partial charge < -0.3 is 24.5 Å². The van der Waals surface area contributed by atoms with Crippen LogP contribution in [0.3, 0.4) is 0 Å². The van der Waals surface area contributed by atoms with Crippen LogP contribution in [0.25, 0.3) is 22.2 Å². The molecule has 9 nitrogen and oxygen atoms in total. The fraction of sp³-hybridized carbons (Fsp3) is 0.435. The van der Waals surface area contributed by atoms with Crippen LogP contribution in [0.1, 0.15) is 30.1 Å². The van der Waals surface area contributed by atoms with Crippen molar-refractivity contribution in [3.05, 3.63) is 41.9 Å². The van der Waals surface area contributed by atoms with Gasteiger partial charge in [-0.2, -0.15) is 0 Å². The number of nitrogens with one attached hydrogen (secondary N) is 1. The third-order valence-electron chi connectivity index (χ3n) is 6.69. The van der Waals surface area contributed by atoms with E-state index in [1.807, 2.05) is 6.07 Å². The number of primary amides is 1. The van der Waals surface area contributed by atoms with Crippen LogP contribution in [0.5, 0.6) is 0 Å². The third kappa shape index (κ3) is 3.16. The average molecular weight is 435 g/mol. The minimum absolute atomic E-state index is 0.235. The minimum atomic E-state index is -0.644. The summed E-state index contributed by atoms with van der Waals surface area (Å²) < 4.78 is 19.7. The molecule has 166 valence electrons. The van der Waals surface area contributed by atoms with Gasteiger partial charge in [-0.25, -0.2) is 14.8 Å². The van der Waals surface area contributed by atoms with Gasteiger partial charge in [0.15, 0.2) is 0 Å². The largest absolute Gasteiger partial charge is 0.379 e. The van der Waals surface area contributed by atoms with E-state index in [-0.39, 0.29) is 6.04 Å². The van der Waals surface area contributed by atoms with Gasteiger partial charge in [-0.1, -0.05) is 6.07 Å². The van der Waals surface area contributed by atoms with Gasteiger partial charge in [0.25, 0.3) is 0 Å². The summed E-state index contributed by atoms with van der Waals surface area (Å²) >= 11 is 0. The Bertz CT molecular complexity index is 1190. The summed E-state index contributed by atoms with van der Waals surface area (Å²) in [5.74, 6) is 0.411. The van der Waals surface area contributed by atoms with E-state index in [1.165, 1.54) is 5.56 Å². The van der Waals surface area contributed by atoms with Gasteiger partial charge in [0.05, 0.1) is 49.0 Å². The molecular formula is C23H25N5O4. The lowest BCUT2D eigenvalue weighted by Crippen LogP contribution is -2.37. The molecular weight excluding hydrogens is 410 g/mol. The predicted molar refractivity (Wildman–Crippen MR) is 117 cm³/mol. The Morgan fingerprint density at radius 3 is 2.97 bits per heavy atom. The van der Waals surface area contributed by atoms with Crippen molar-refractivity contribution in [2.75, 3.05) is 38.4 Å². The second-order valence-corrected chi connectivity index (χ2v) is 8.64. The highest BCUT2D eigenvalue weighted by atomic mass is 16.6. The fourth-order valence-corrected chi connectivity index (χ4v) is 5.10. The number of nitrogens with two attached hydrogens (primary N) is 1. The van der Waals surface area contributed by atoms with Crippen molar-refractivity contribution in [3.63, 3.8) is 0 Å². The van der Waals surface area contributed by atoms with Gasteiger partial charge in [0.1, 0.15) is 11.4 Å². The zero-order chi connectivity index (χ0) is 21.7. The quantitative estimate of drug-likeness (QED) is 0.654. The number of fused-ring (bicyclic) bond motifs is 3. The van der Waals surface area contributed by atoms with Crippen molar-refractivity contribution >= 4 is 22.8 Å². The first-order chi connectivity index (χ1) is 15.6. The molecule has 6 rings (SSSR count). The summed E-state index contributed by atoms with van der Waals surface area (Å²) in [5.41, 5.74) is 9.87. The summed E-state index contributed by atoms with van der Waals surface area (Å²) in [6.45, 7) is 3.31. The lowest BCUT2D eigenvalue weighted by molar-refractivity contribution is -0.0664. The van der Waals surface area contributed by atoms with Gasteiger partial charge in [-0.15, -0.1) is 0 Å². The molecule has 32 heavy (non-hydrogen) atoms. The second-order valence-electron chi connectivity index (χ2n) is 8.64. The first-order valence-corrected chi connectivity index (χ1v) is 11.0. The number of anilines is 1. The number of ether oxygens (including phenoxy) is 3. The summed E-state index contributed by atoms with van der Waals surface area (Å²) in [5, 5.41) is 3.54. The van der Waals surface area contributed by atoms with Crippen molar-refractivity contribution in [2.45, 2.75) is 30.9 Å². The number of urea groups is 1. The van der Waals surface area contributed by atoms with Crippen LogP contribution in [0, 0.1) is 0 Å². The fourth-order valence-electron chi connectivity index (χ4n) is 5.10. The summed E-state index contributed by atoms with van der Waals surface area (Å²) in [6, 6.07) is 5.67. The van der Waals surface area contributed by atoms with E-state index in [9.17, 15) is 4.79 Å². The monoisotopic (exact) mass is 435 g/mol. The molecule has 0 aromatic carbocycles. The molecule has 3 aliphatic heterocycles. The van der Waals surface area contributed by atoms with E-state index >= 15 is 0 Å². The van der Waals surface area contributed by atoms with E-state index in [0.717, 1.165) is 53.7 Å². The highest BCUT2D eigenvalue weighted by Crippen LogP contribution is 2.41. The molecule has 2 fully saturated rings. The third-order valence-corrected chi connectivity index (χ3v) is 6.69. The Morgan fingerprint density at radius 1 is 1.25 bits per heavy atom. The van der Waals surface area contributed by atoms with Crippen molar-refractivity contribution in [3.8, 4) is 11.3 Å². The summed E-state index contributed by atoms with van der Waals surface area (Å²) in [4.78, 5) is 20.9. The van der Waals surface area contributed by atoms with E-state index in [4.69, 9.17) is 24.9 Å². The van der Waals surface area contributed by atoms with Gasteiger partial charge in [0.2, 0.25) is 0 Å². The summed E-state index contributed by atoms with van der Waals surface area (Å²) in [6.07, 6.45) is 6.50. The Kier molecular flexibility index (Phi) is 4.63. The number of amides is 2. The predicted octanol–water partition coefficient (Wildman–Crippen LogP) is 2.74. The molecule has 1 unspecified atom stereocenters. The van der Waals surface area contributed by atoms with Crippen molar-refractivity contribution in [1.82, 2.24) is 14.5 Å². The lowest BCUT2D eigenvalue weighted by Gasteiger charge is -2.33. The Balaban J connectivity index is 1.51. The molecule has 2 atom stereocenters. The topological polar surface area (TPSA) is 114 Å². The molecule has 6 heterocycles. The normalized spacial score (nSPS) is 24.8. The average Bonchev–Trinajstić information content (AvgIpc) is 3.54. The Labute approximate surface area is 184 Å². The standard InChI is InChI=1S/C23H25N5O4/c24-22(29)27-20-9-16-17(11-28(19(16)10-25-20)15-4-6-30-12-15)18-2-1-14-3-7-32-23(21(14)26-18)5-8-31-13-23/h1-2,9-11,15H,3-8,12-13H2,(H3,24,25,27,29)/t15-,23?/m0/s1. The molecule has 3 aromatic rings. The molecule has 0 aliphatic carbocycles. The smallest absolute Gasteiger partial charge is 0.317 e. The molecule has 1 spiro atoms. The number of aromatic nitrogens is 3. The van der Waals surface area contributed by atoms with Gasteiger partial charge in [-0.05, 0) is 30.5 Å². The molecule has 0 saturated carbocycles. The molecule has 2 saturated heterocycles. The van der Waals surface area contributed by atoms with E-state index in [0.29, 0.717) is 32.2 Å². The number of rotatable bonds is 3. The van der Waals surface area contributed by atoms with Crippen LogP contribution >= 0.6 is 0 Å². The number of carbonyl (C=O) groups excluding carboxylic acids is 1. The van der Waals surface area contributed by atoms with E-state index in [1.54, 1.807) is 6.20 Å². The Hall–Kier alpha value is -3.01. The minimum Gasteiger partial charge on any atom is -0.379 e. The summed E-state index contributed by atoms with van der Waals surface area (Å²) in [7, 11) is 0. The van der Waals surface area contributed by atoms with Crippen LogP contribution in [0.2, 0.25) is 0 Å². The van der Waals surface area contributed by atoms with Crippen LogP contribution in [-0.4, -0.2) is 53.6 Å². The van der Waals surface area contributed by atoms with E-state index in [2.05, 4.69) is 33.2 Å². The number of hydrogen-bond acceptors (Lipinski definition) is 6. The number of hydrogen-bond donors (Lipinski definition) is 2. The van der Waals surface area contributed by atoms with Gasteiger partial charge in [-0.3, -0.25) is 5.32 Å². The van der Waals surface area contributed by atoms with Crippen LogP contribution in [-0.2, 0) is 26.2 Å². The zero-order valence-electron chi connectivity index (χ0n) is 17.7. The first kappa shape index (κ1) is 19.7. The SMILES string of the molecule is NC(=O)Nc1cc2c(-c3ccc4c(n3)C3(CCOC3)OCC4)cn([C@H]3CCOC3)c2cn1. The molecule has 2 amide bonds. The number of nitrogens with zero attached hydrogens (tertiary/aromatic N) is 3. The maximum atomic E-state index is 11.4. The van der Waals surface area contributed by atoms with Crippen LogP contribution in [0.4, 0.5) is 10.6 Å². The maximum absolute atomic E-state index is 11.4. The maximum Gasteiger partial charge on any atom is 0.317 e. The van der Waals surface area contributed by atoms with Gasteiger partial charge in [0, 0.05) is 36.8 Å². The number of carbonyl (C=O) groups is 1. The molecule has 0 radical (unpaired) electrons. The molecule has 3 aliphatic rings. The van der Waals surface area contributed by atoms with Crippen LogP contribution in [0.15, 0.2) is 30.6 Å². The lowest BCUT2D eigenvalue weighted by atomic mass is 9.89. The highest BCUT2D eigenvalue weighted by Gasteiger charge is 2.43. The molecule has 3 N–H and O–H groups in total. The highest BCUT2D eigenvalue weighted by molar-refractivity contribution is 5.98. The zero-order valence-corrected chi connectivity index (χ0v) is 17.7. The molecule has 3 aromatic heterocycles. The van der Waals surface area contributed by atoms with Crippen LogP contribution < -0.4 is 11.1 Å². The van der Waals surface area contributed by atoms with Gasteiger partial charge >= 0.3 is 6.03 Å². The van der Waals surface area contributed by atoms with E-state index < -0.39 is 11.6 Å². The van der Waals surface area contributed by atoms with Crippen molar-refractivity contribution in [2.24, 2.45) is 5.73 Å². The van der Waals surface area contributed by atoms with Crippen molar-refractivity contribution in [1.29, 1.82) is 0 Å². The second kappa shape index (κ2) is 7.54. The van der Waals surface area contributed by atoms with Crippen molar-refractivity contribution < 1.29 is 19.0 Å². The molecule has 0 bridgehead atoms. The number of pyridine rings is 2. The molecule has 9 heteroatoms. The first-order valence-electron chi connectivity index (χ1n) is 11.0.